The van der Waals surface area contributed by atoms with E-state index in [9.17, 15) is 4.79 Å². The highest BCUT2D eigenvalue weighted by molar-refractivity contribution is 7.98. The van der Waals surface area contributed by atoms with Crippen LogP contribution in [0.5, 0.6) is 0 Å². The van der Waals surface area contributed by atoms with Gasteiger partial charge in [-0.1, -0.05) is 17.3 Å². The molecule has 0 saturated carbocycles. The molecule has 1 aromatic carbocycles. The van der Waals surface area contributed by atoms with E-state index in [0.29, 0.717) is 17.9 Å². The van der Waals surface area contributed by atoms with Crippen molar-refractivity contribution >= 4 is 17.7 Å². The predicted octanol–water partition coefficient (Wildman–Crippen LogP) is 4.76. The molecular weight excluding hydrogens is 348 g/mol. The second kappa shape index (κ2) is 7.83. The molecule has 0 aliphatic rings. The first-order valence-electron chi connectivity index (χ1n) is 8.40. The van der Waals surface area contributed by atoms with Crippen LogP contribution in [0.3, 0.4) is 0 Å². The Morgan fingerprint density at radius 2 is 1.92 bits per heavy atom. The summed E-state index contributed by atoms with van der Waals surface area (Å²) < 4.78 is 10.8. The number of thioether (sulfide) groups is 1. The maximum Gasteiger partial charge on any atom is 0.255 e. The first kappa shape index (κ1) is 18.3. The summed E-state index contributed by atoms with van der Waals surface area (Å²) in [6.07, 6.45) is 0. The minimum Gasteiger partial charge on any atom is -0.464 e. The lowest BCUT2D eigenvalue weighted by Crippen LogP contribution is -2.26. The number of rotatable bonds is 6. The van der Waals surface area contributed by atoms with Crippen molar-refractivity contribution in [2.45, 2.75) is 38.0 Å². The van der Waals surface area contributed by atoms with Gasteiger partial charge < -0.3 is 13.8 Å². The van der Waals surface area contributed by atoms with E-state index in [1.165, 1.54) is 0 Å². The van der Waals surface area contributed by atoms with Gasteiger partial charge in [0.25, 0.3) is 5.91 Å². The van der Waals surface area contributed by atoms with Gasteiger partial charge in [-0.3, -0.25) is 4.79 Å². The number of aromatic nitrogens is 1. The maximum atomic E-state index is 12.9. The lowest BCUT2D eigenvalue weighted by atomic mass is 10.2. The molecule has 0 saturated heterocycles. The number of benzene rings is 1. The van der Waals surface area contributed by atoms with Crippen molar-refractivity contribution in [3.8, 4) is 0 Å². The van der Waals surface area contributed by atoms with Crippen LogP contribution in [0, 0.1) is 20.8 Å². The predicted molar refractivity (Wildman–Crippen MR) is 101 cm³/mol. The topological polar surface area (TPSA) is 59.5 Å². The minimum atomic E-state index is -0.0269. The fraction of sp³-hybridized carbons (Fsp3) is 0.300. The highest BCUT2D eigenvalue weighted by atomic mass is 32.2. The van der Waals surface area contributed by atoms with Gasteiger partial charge in [0.1, 0.15) is 17.3 Å². The van der Waals surface area contributed by atoms with Crippen molar-refractivity contribution < 1.29 is 13.7 Å². The number of furan rings is 1. The van der Waals surface area contributed by atoms with E-state index < -0.39 is 0 Å². The Labute approximate surface area is 157 Å². The van der Waals surface area contributed by atoms with E-state index in [1.807, 2.05) is 57.2 Å². The Morgan fingerprint density at radius 3 is 2.58 bits per heavy atom. The van der Waals surface area contributed by atoms with Crippen LogP contribution in [-0.4, -0.2) is 23.0 Å². The van der Waals surface area contributed by atoms with Gasteiger partial charge in [-0.05, 0) is 45.0 Å². The minimum absolute atomic E-state index is 0.0269. The molecule has 136 valence electrons. The van der Waals surface area contributed by atoms with Crippen molar-refractivity contribution in [2.75, 3.05) is 7.05 Å². The van der Waals surface area contributed by atoms with Crippen LogP contribution in [0.1, 0.15) is 38.9 Å². The van der Waals surface area contributed by atoms with Crippen molar-refractivity contribution in [3.63, 3.8) is 0 Å². The summed E-state index contributed by atoms with van der Waals surface area (Å²) >= 11 is 1.62. The third kappa shape index (κ3) is 4.02. The van der Waals surface area contributed by atoms with Gasteiger partial charge in [0.2, 0.25) is 0 Å². The number of hydrogen-bond acceptors (Lipinski definition) is 5. The third-order valence-corrected chi connectivity index (χ3v) is 5.31. The highest BCUT2D eigenvalue weighted by Gasteiger charge is 2.18. The van der Waals surface area contributed by atoms with Gasteiger partial charge >= 0.3 is 0 Å². The first-order chi connectivity index (χ1) is 12.5. The molecule has 6 heteroatoms. The number of carbonyl (C=O) groups is 1. The summed E-state index contributed by atoms with van der Waals surface area (Å²) in [4.78, 5) is 15.5. The zero-order chi connectivity index (χ0) is 18.7. The Kier molecular flexibility index (Phi) is 5.52. The normalized spacial score (nSPS) is 10.9. The van der Waals surface area contributed by atoms with Crippen molar-refractivity contribution in [2.24, 2.45) is 0 Å². The summed E-state index contributed by atoms with van der Waals surface area (Å²) in [7, 11) is 1.79. The molecule has 3 rings (SSSR count). The van der Waals surface area contributed by atoms with E-state index in [4.69, 9.17) is 8.94 Å². The fourth-order valence-electron chi connectivity index (χ4n) is 2.71. The molecule has 2 heterocycles. The number of carbonyl (C=O) groups excluding carboxylic acids is 1. The van der Waals surface area contributed by atoms with Gasteiger partial charge in [0, 0.05) is 23.3 Å². The molecule has 0 aliphatic heterocycles. The average Bonchev–Trinajstić information content (AvgIpc) is 3.18. The molecule has 0 aliphatic carbocycles. The van der Waals surface area contributed by atoms with Gasteiger partial charge in [0.15, 0.2) is 0 Å². The fourth-order valence-corrected chi connectivity index (χ4v) is 3.91. The van der Waals surface area contributed by atoms with Crippen LogP contribution in [-0.2, 0) is 12.3 Å². The molecule has 5 nitrogen and oxygen atoms in total. The first-order valence-corrected chi connectivity index (χ1v) is 9.38. The second-order valence-corrected chi connectivity index (χ2v) is 7.28. The number of amides is 1. The Hall–Kier alpha value is -2.47. The SMILES string of the molecule is Cc1ccc(CN(C)C(=O)c2ccccc2SCc2c(C)noc2C)o1. The molecule has 0 spiro atoms. The highest BCUT2D eigenvalue weighted by Crippen LogP contribution is 2.29. The van der Waals surface area contributed by atoms with Crippen LogP contribution < -0.4 is 0 Å². The summed E-state index contributed by atoms with van der Waals surface area (Å²) in [6.45, 7) is 6.18. The van der Waals surface area contributed by atoms with Crippen molar-refractivity contribution in [1.82, 2.24) is 10.1 Å². The zero-order valence-electron chi connectivity index (χ0n) is 15.4. The molecule has 0 radical (unpaired) electrons. The molecule has 26 heavy (non-hydrogen) atoms. The summed E-state index contributed by atoms with van der Waals surface area (Å²) in [5.41, 5.74) is 2.66. The quantitative estimate of drug-likeness (QED) is 0.586. The van der Waals surface area contributed by atoms with Gasteiger partial charge in [-0.2, -0.15) is 0 Å². The van der Waals surface area contributed by atoms with Crippen molar-refractivity contribution in [1.29, 1.82) is 0 Å². The number of nitrogens with zero attached hydrogens (tertiary/aromatic N) is 2. The van der Waals surface area contributed by atoms with Crippen LogP contribution in [0.2, 0.25) is 0 Å². The lowest BCUT2D eigenvalue weighted by molar-refractivity contribution is 0.0771. The summed E-state index contributed by atoms with van der Waals surface area (Å²) in [6, 6.07) is 11.5. The molecule has 0 bridgehead atoms. The monoisotopic (exact) mass is 370 g/mol. The standard InChI is InChI=1S/C20H22N2O3S/c1-13-9-10-16(24-13)11-22(4)20(23)17-7-5-6-8-19(17)26-12-18-14(2)21-25-15(18)3/h5-10H,11-12H2,1-4H3. The van der Waals surface area contributed by atoms with Gasteiger partial charge in [-0.25, -0.2) is 0 Å². The average molecular weight is 370 g/mol. The van der Waals surface area contributed by atoms with Crippen LogP contribution in [0.4, 0.5) is 0 Å². The Bertz CT molecular complexity index is 894. The van der Waals surface area contributed by atoms with E-state index in [-0.39, 0.29) is 5.91 Å². The van der Waals surface area contributed by atoms with E-state index in [1.54, 1.807) is 23.7 Å². The Morgan fingerprint density at radius 1 is 1.15 bits per heavy atom. The summed E-state index contributed by atoms with van der Waals surface area (Å²) in [5.74, 6) is 3.13. The van der Waals surface area contributed by atoms with Crippen LogP contribution in [0.25, 0.3) is 0 Å². The van der Waals surface area contributed by atoms with E-state index in [2.05, 4.69) is 5.16 Å². The van der Waals surface area contributed by atoms with E-state index in [0.717, 1.165) is 33.4 Å². The Balaban J connectivity index is 1.74. The van der Waals surface area contributed by atoms with Crippen LogP contribution in [0.15, 0.2) is 50.2 Å². The number of aryl methyl sites for hydroxylation is 3. The second-order valence-electron chi connectivity index (χ2n) is 6.26. The van der Waals surface area contributed by atoms with Gasteiger partial charge in [-0.15, -0.1) is 11.8 Å². The smallest absolute Gasteiger partial charge is 0.255 e. The zero-order valence-corrected chi connectivity index (χ0v) is 16.2. The molecule has 2 aromatic heterocycles. The summed E-state index contributed by atoms with van der Waals surface area (Å²) in [5, 5.41) is 3.99. The number of hydrogen-bond donors (Lipinski definition) is 0. The lowest BCUT2D eigenvalue weighted by Gasteiger charge is -2.18. The largest absolute Gasteiger partial charge is 0.464 e. The molecule has 1 amide bonds. The van der Waals surface area contributed by atoms with Crippen LogP contribution >= 0.6 is 11.8 Å². The third-order valence-electron chi connectivity index (χ3n) is 4.21. The van der Waals surface area contributed by atoms with E-state index >= 15 is 0 Å². The molecule has 0 unspecified atom stereocenters. The maximum absolute atomic E-state index is 12.9. The van der Waals surface area contributed by atoms with Crippen molar-refractivity contribution in [3.05, 3.63) is 70.5 Å². The van der Waals surface area contributed by atoms with Gasteiger partial charge in [0.05, 0.1) is 17.8 Å². The molecule has 0 atom stereocenters. The molecule has 3 aromatic rings. The molecule has 0 fully saturated rings. The molecular formula is C20H22N2O3S. The molecule has 0 N–H and O–H groups in total.